The van der Waals surface area contributed by atoms with Crippen LogP contribution in [0.5, 0.6) is 0 Å². The maximum atomic E-state index is 12.6. The van der Waals surface area contributed by atoms with E-state index in [0.717, 1.165) is 68.6 Å². The monoisotopic (exact) mass is 481 g/mol. The zero-order valence-electron chi connectivity index (χ0n) is 18.1. The Hall–Kier alpha value is -1.70. The third kappa shape index (κ3) is 6.89. The van der Waals surface area contributed by atoms with Crippen LogP contribution in [0.2, 0.25) is 10.2 Å². The number of carbonyl (C=O) groups is 1. The first-order valence-corrected chi connectivity index (χ1v) is 12.4. The van der Waals surface area contributed by atoms with Crippen molar-refractivity contribution in [1.29, 1.82) is 0 Å². The van der Waals surface area contributed by atoms with Crippen molar-refractivity contribution in [2.24, 2.45) is 0 Å². The summed E-state index contributed by atoms with van der Waals surface area (Å²) in [6, 6.07) is 9.72. The summed E-state index contributed by atoms with van der Waals surface area (Å²) in [7, 11) is 0. The summed E-state index contributed by atoms with van der Waals surface area (Å²) < 4.78 is 0. The fourth-order valence-corrected chi connectivity index (χ4v) is 4.77. The lowest BCUT2D eigenvalue weighted by Crippen LogP contribution is -2.46. The highest BCUT2D eigenvalue weighted by Gasteiger charge is 2.20. The Balaban J connectivity index is 1.60. The normalized spacial score (nSPS) is 14.1. The summed E-state index contributed by atoms with van der Waals surface area (Å²) in [4.78, 5) is 28.0. The SMILES string of the molecule is CCCN(CCC)C(=O)CSc1nc(Cl)cc(N2CCN(c3cccc(Cl)c3)CC2)n1. The predicted molar refractivity (Wildman–Crippen MR) is 131 cm³/mol. The van der Waals surface area contributed by atoms with Gasteiger partial charge < -0.3 is 14.7 Å². The minimum atomic E-state index is 0.119. The van der Waals surface area contributed by atoms with Crippen LogP contribution in [0.1, 0.15) is 26.7 Å². The molecular formula is C22H29Cl2N5OS. The summed E-state index contributed by atoms with van der Waals surface area (Å²) >= 11 is 13.8. The van der Waals surface area contributed by atoms with Gasteiger partial charge in [-0.25, -0.2) is 9.97 Å². The van der Waals surface area contributed by atoms with Crippen molar-refractivity contribution in [2.75, 3.05) is 54.8 Å². The summed E-state index contributed by atoms with van der Waals surface area (Å²) in [5.41, 5.74) is 1.13. The number of carbonyl (C=O) groups excluding carboxylic acids is 1. The molecule has 2 aromatic rings. The smallest absolute Gasteiger partial charge is 0.233 e. The van der Waals surface area contributed by atoms with Crippen LogP contribution in [0.25, 0.3) is 0 Å². The molecule has 0 atom stereocenters. The molecule has 9 heteroatoms. The van der Waals surface area contributed by atoms with Gasteiger partial charge in [0.05, 0.1) is 5.75 Å². The average molecular weight is 482 g/mol. The van der Waals surface area contributed by atoms with E-state index < -0.39 is 0 Å². The molecule has 1 aromatic heterocycles. The summed E-state index contributed by atoms with van der Waals surface area (Å²) in [5.74, 6) is 1.25. The number of piperazine rings is 1. The van der Waals surface area contributed by atoms with Gasteiger partial charge in [-0.15, -0.1) is 0 Å². The highest BCUT2D eigenvalue weighted by Crippen LogP contribution is 2.25. The number of benzene rings is 1. The van der Waals surface area contributed by atoms with Crippen molar-refractivity contribution >= 4 is 52.4 Å². The van der Waals surface area contributed by atoms with E-state index in [0.29, 0.717) is 16.1 Å². The molecule has 31 heavy (non-hydrogen) atoms. The zero-order chi connectivity index (χ0) is 22.2. The molecule has 0 N–H and O–H groups in total. The van der Waals surface area contributed by atoms with Crippen molar-refractivity contribution in [1.82, 2.24) is 14.9 Å². The van der Waals surface area contributed by atoms with Gasteiger partial charge in [-0.05, 0) is 31.0 Å². The topological polar surface area (TPSA) is 52.6 Å². The molecule has 1 aliphatic heterocycles. The summed E-state index contributed by atoms with van der Waals surface area (Å²) in [6.45, 7) is 9.12. The molecule has 1 aromatic carbocycles. The maximum absolute atomic E-state index is 12.6. The lowest BCUT2D eigenvalue weighted by Gasteiger charge is -2.36. The molecule has 0 aliphatic carbocycles. The Labute approximate surface area is 198 Å². The van der Waals surface area contributed by atoms with Gasteiger partial charge in [0.25, 0.3) is 0 Å². The van der Waals surface area contributed by atoms with Crippen LogP contribution < -0.4 is 9.80 Å². The Morgan fingerprint density at radius 1 is 1.03 bits per heavy atom. The van der Waals surface area contributed by atoms with E-state index in [1.807, 2.05) is 23.1 Å². The van der Waals surface area contributed by atoms with Gasteiger partial charge in [0, 0.05) is 56.0 Å². The fraction of sp³-hybridized carbons (Fsp3) is 0.500. The molecule has 3 rings (SSSR count). The molecule has 1 aliphatic rings. The number of anilines is 2. The quantitative estimate of drug-likeness (QED) is 0.289. The number of amides is 1. The molecule has 1 amide bonds. The number of aromatic nitrogens is 2. The Bertz CT molecular complexity index is 871. The number of halogens is 2. The standard InChI is InChI=1S/C22H29Cl2N5OS/c1-3-8-29(9-4-2)21(30)16-31-22-25-19(24)15-20(26-22)28-12-10-27(11-13-28)18-7-5-6-17(23)14-18/h5-7,14-15H,3-4,8-13,16H2,1-2H3. The van der Waals surface area contributed by atoms with Gasteiger partial charge in [0.1, 0.15) is 11.0 Å². The van der Waals surface area contributed by atoms with E-state index in [1.165, 1.54) is 11.8 Å². The van der Waals surface area contributed by atoms with E-state index in [1.54, 1.807) is 6.07 Å². The largest absolute Gasteiger partial charge is 0.368 e. The molecule has 2 heterocycles. The van der Waals surface area contributed by atoms with E-state index >= 15 is 0 Å². The average Bonchev–Trinajstić information content (AvgIpc) is 2.77. The molecule has 0 unspecified atom stereocenters. The highest BCUT2D eigenvalue weighted by molar-refractivity contribution is 7.99. The van der Waals surface area contributed by atoms with Crippen LogP contribution in [0, 0.1) is 0 Å². The first-order valence-electron chi connectivity index (χ1n) is 10.7. The van der Waals surface area contributed by atoms with Crippen LogP contribution in [0.4, 0.5) is 11.5 Å². The van der Waals surface area contributed by atoms with Gasteiger partial charge in [-0.1, -0.05) is 54.9 Å². The number of nitrogens with zero attached hydrogens (tertiary/aromatic N) is 5. The molecule has 6 nitrogen and oxygen atoms in total. The molecule has 0 spiro atoms. The molecule has 0 bridgehead atoms. The molecular weight excluding hydrogens is 453 g/mol. The number of thioether (sulfide) groups is 1. The Morgan fingerprint density at radius 2 is 1.71 bits per heavy atom. The molecule has 0 radical (unpaired) electrons. The molecule has 0 saturated carbocycles. The number of rotatable bonds is 9. The van der Waals surface area contributed by atoms with Gasteiger partial charge in [0.2, 0.25) is 5.91 Å². The third-order valence-corrected chi connectivity index (χ3v) is 6.36. The van der Waals surface area contributed by atoms with Crippen LogP contribution in [0.3, 0.4) is 0 Å². The maximum Gasteiger partial charge on any atom is 0.233 e. The summed E-state index contributed by atoms with van der Waals surface area (Å²) in [5, 5.41) is 1.69. The second-order valence-corrected chi connectivity index (χ2v) is 9.22. The number of hydrogen-bond acceptors (Lipinski definition) is 6. The van der Waals surface area contributed by atoms with Crippen LogP contribution in [-0.4, -0.2) is 65.8 Å². The van der Waals surface area contributed by atoms with Crippen LogP contribution >= 0.6 is 35.0 Å². The van der Waals surface area contributed by atoms with E-state index in [4.69, 9.17) is 23.2 Å². The van der Waals surface area contributed by atoms with Crippen molar-refractivity contribution in [2.45, 2.75) is 31.8 Å². The lowest BCUT2D eigenvalue weighted by molar-refractivity contribution is -0.128. The second-order valence-electron chi connectivity index (χ2n) is 7.45. The molecule has 168 valence electrons. The van der Waals surface area contributed by atoms with Crippen LogP contribution in [0.15, 0.2) is 35.5 Å². The first-order chi connectivity index (χ1) is 15.0. The van der Waals surface area contributed by atoms with Crippen molar-refractivity contribution < 1.29 is 4.79 Å². The number of hydrogen-bond donors (Lipinski definition) is 0. The Morgan fingerprint density at radius 3 is 2.35 bits per heavy atom. The van der Waals surface area contributed by atoms with E-state index in [9.17, 15) is 4.79 Å². The highest BCUT2D eigenvalue weighted by atomic mass is 35.5. The second kappa shape index (κ2) is 11.8. The summed E-state index contributed by atoms with van der Waals surface area (Å²) in [6.07, 6.45) is 1.91. The van der Waals surface area contributed by atoms with Gasteiger partial charge in [0.15, 0.2) is 5.16 Å². The van der Waals surface area contributed by atoms with Crippen LogP contribution in [-0.2, 0) is 4.79 Å². The van der Waals surface area contributed by atoms with Crippen molar-refractivity contribution in [3.8, 4) is 0 Å². The molecule has 1 fully saturated rings. The van der Waals surface area contributed by atoms with E-state index in [-0.39, 0.29) is 5.91 Å². The van der Waals surface area contributed by atoms with Gasteiger partial charge in [-0.3, -0.25) is 4.79 Å². The molecule has 1 saturated heterocycles. The minimum absolute atomic E-state index is 0.119. The zero-order valence-corrected chi connectivity index (χ0v) is 20.4. The van der Waals surface area contributed by atoms with E-state index in [2.05, 4.69) is 39.7 Å². The van der Waals surface area contributed by atoms with Gasteiger partial charge >= 0.3 is 0 Å². The first kappa shape index (κ1) is 24.0. The Kier molecular flexibility index (Phi) is 9.11. The minimum Gasteiger partial charge on any atom is -0.368 e. The third-order valence-electron chi connectivity index (χ3n) is 5.10. The fourth-order valence-electron chi connectivity index (χ4n) is 3.60. The lowest BCUT2D eigenvalue weighted by atomic mass is 10.2. The predicted octanol–water partition coefficient (Wildman–Crippen LogP) is 4.85. The van der Waals surface area contributed by atoms with Crippen molar-refractivity contribution in [3.05, 3.63) is 40.5 Å². The van der Waals surface area contributed by atoms with Crippen molar-refractivity contribution in [3.63, 3.8) is 0 Å². The van der Waals surface area contributed by atoms with Gasteiger partial charge in [-0.2, -0.15) is 0 Å².